The highest BCUT2D eigenvalue weighted by atomic mass is 127. The smallest absolute Gasteiger partial charge is 0.267 e. The molecule has 0 aromatic carbocycles. The summed E-state index contributed by atoms with van der Waals surface area (Å²) >= 11 is 1.93. The van der Waals surface area contributed by atoms with Gasteiger partial charge in [-0.3, -0.25) is 10.2 Å². The van der Waals surface area contributed by atoms with Gasteiger partial charge < -0.3 is 5.73 Å². The summed E-state index contributed by atoms with van der Waals surface area (Å²) in [6, 6.07) is 1.52. The van der Waals surface area contributed by atoms with Crippen molar-refractivity contribution in [3.05, 3.63) is 21.5 Å². The number of pyridine rings is 1. The molecule has 0 fully saturated rings. The maximum Gasteiger partial charge on any atom is 0.267 e. The lowest BCUT2D eigenvalue weighted by Gasteiger charge is -2.02. The quantitative estimate of drug-likeness (QED) is 0.219. The summed E-state index contributed by atoms with van der Waals surface area (Å²) in [4.78, 5) is 14.9. The summed E-state index contributed by atoms with van der Waals surface area (Å²) in [5.41, 5.74) is 8.27. The largest absolute Gasteiger partial charge is 0.397 e. The Kier molecular flexibility index (Phi) is 2.82. The van der Waals surface area contributed by atoms with Crippen LogP contribution in [0.2, 0.25) is 0 Å². The molecule has 1 amide bonds. The van der Waals surface area contributed by atoms with Crippen LogP contribution in [-0.4, -0.2) is 10.9 Å². The average molecular weight is 278 g/mol. The minimum Gasteiger partial charge on any atom is -0.397 e. The molecule has 5 nitrogen and oxygen atoms in total. The van der Waals surface area contributed by atoms with Gasteiger partial charge in [0.05, 0.1) is 17.4 Å². The van der Waals surface area contributed by atoms with Crippen LogP contribution < -0.4 is 17.0 Å². The van der Waals surface area contributed by atoms with E-state index in [9.17, 15) is 4.79 Å². The third-order valence-electron chi connectivity index (χ3n) is 1.24. The van der Waals surface area contributed by atoms with Crippen LogP contribution >= 0.6 is 22.6 Å². The second-order valence-corrected chi connectivity index (χ2v) is 3.10. The maximum atomic E-state index is 11.1. The van der Waals surface area contributed by atoms with Gasteiger partial charge in [0.25, 0.3) is 5.91 Å². The number of carbonyl (C=O) groups is 1. The van der Waals surface area contributed by atoms with Crippen molar-refractivity contribution >= 4 is 34.2 Å². The Morgan fingerprint density at radius 3 is 2.92 bits per heavy atom. The number of aromatic nitrogens is 1. The Morgan fingerprint density at radius 2 is 2.33 bits per heavy atom. The molecule has 0 unspecified atom stereocenters. The second kappa shape index (κ2) is 3.68. The lowest BCUT2D eigenvalue weighted by Crippen LogP contribution is -2.30. The van der Waals surface area contributed by atoms with Crippen molar-refractivity contribution in [3.8, 4) is 0 Å². The summed E-state index contributed by atoms with van der Waals surface area (Å²) in [6.07, 6.45) is 1.48. The minimum atomic E-state index is -0.390. The van der Waals surface area contributed by atoms with E-state index in [4.69, 9.17) is 11.6 Å². The van der Waals surface area contributed by atoms with Crippen LogP contribution in [0.25, 0.3) is 0 Å². The number of anilines is 1. The lowest BCUT2D eigenvalue weighted by molar-refractivity contribution is 0.0952. The summed E-state index contributed by atoms with van der Waals surface area (Å²) in [5, 5.41) is 0. The van der Waals surface area contributed by atoms with Crippen molar-refractivity contribution < 1.29 is 4.79 Å². The third-order valence-corrected chi connectivity index (χ3v) is 2.10. The normalized spacial score (nSPS) is 9.50. The fourth-order valence-corrected chi connectivity index (χ4v) is 1.24. The van der Waals surface area contributed by atoms with E-state index >= 15 is 0 Å². The Bertz CT molecular complexity index is 314. The zero-order valence-electron chi connectivity index (χ0n) is 6.04. The summed E-state index contributed by atoms with van der Waals surface area (Å²) in [7, 11) is 0. The molecule has 0 atom stereocenters. The van der Waals surface area contributed by atoms with Crippen molar-refractivity contribution in [1.82, 2.24) is 10.4 Å². The molecule has 0 aliphatic heterocycles. The zero-order chi connectivity index (χ0) is 9.14. The molecule has 0 bridgehead atoms. The number of rotatable bonds is 1. The number of hydrazine groups is 1. The van der Waals surface area contributed by atoms with Crippen LogP contribution in [0.1, 0.15) is 10.4 Å². The van der Waals surface area contributed by atoms with Gasteiger partial charge in [-0.15, -0.1) is 0 Å². The minimum absolute atomic E-state index is 0.387. The number of nitrogens with two attached hydrogens (primary N) is 2. The summed E-state index contributed by atoms with van der Waals surface area (Å²) < 4.78 is 0.574. The average Bonchev–Trinajstić information content (AvgIpc) is 2.08. The van der Waals surface area contributed by atoms with Gasteiger partial charge in [0, 0.05) is 0 Å². The fourth-order valence-electron chi connectivity index (χ4n) is 0.701. The molecule has 0 saturated heterocycles. The van der Waals surface area contributed by atoms with Gasteiger partial charge in [-0.05, 0) is 28.7 Å². The molecule has 1 rings (SSSR count). The van der Waals surface area contributed by atoms with E-state index in [1.807, 2.05) is 28.0 Å². The number of amides is 1. The molecule has 1 aromatic heterocycles. The van der Waals surface area contributed by atoms with Gasteiger partial charge >= 0.3 is 0 Å². The first-order valence-electron chi connectivity index (χ1n) is 3.07. The van der Waals surface area contributed by atoms with Crippen molar-refractivity contribution in [3.63, 3.8) is 0 Å². The van der Waals surface area contributed by atoms with Crippen LogP contribution in [0.15, 0.2) is 12.3 Å². The van der Waals surface area contributed by atoms with Crippen molar-refractivity contribution in [2.45, 2.75) is 0 Å². The summed E-state index contributed by atoms with van der Waals surface area (Å²) in [5.74, 6) is 4.56. The number of nitrogen functional groups attached to an aromatic ring is 2. The number of carbonyl (C=O) groups excluding carboxylic acids is 1. The molecule has 12 heavy (non-hydrogen) atoms. The first-order valence-corrected chi connectivity index (χ1v) is 4.15. The first-order chi connectivity index (χ1) is 5.65. The molecule has 0 aliphatic carbocycles. The Morgan fingerprint density at radius 1 is 1.67 bits per heavy atom. The molecule has 6 heteroatoms. The van der Waals surface area contributed by atoms with Crippen LogP contribution in [0.4, 0.5) is 5.69 Å². The van der Waals surface area contributed by atoms with E-state index in [-0.39, 0.29) is 5.91 Å². The van der Waals surface area contributed by atoms with Gasteiger partial charge in [-0.25, -0.2) is 10.8 Å². The fraction of sp³-hybridized carbons (Fsp3) is 0. The predicted molar refractivity (Wildman–Crippen MR) is 53.0 cm³/mol. The number of nitrogens with one attached hydrogen (secondary N) is 1. The summed E-state index contributed by atoms with van der Waals surface area (Å²) in [6.45, 7) is 0. The molecule has 0 radical (unpaired) electrons. The van der Waals surface area contributed by atoms with Crippen LogP contribution in [0.5, 0.6) is 0 Å². The van der Waals surface area contributed by atoms with E-state index in [0.717, 1.165) is 0 Å². The van der Waals surface area contributed by atoms with E-state index < -0.39 is 0 Å². The van der Waals surface area contributed by atoms with Gasteiger partial charge in [-0.1, -0.05) is 0 Å². The predicted octanol–water partition coefficient (Wildman–Crippen LogP) is -0.128. The number of nitrogens with zero attached hydrogens (tertiary/aromatic N) is 1. The molecule has 1 aromatic rings. The van der Waals surface area contributed by atoms with Crippen LogP contribution in [0.3, 0.4) is 0 Å². The third kappa shape index (κ3) is 1.83. The van der Waals surface area contributed by atoms with Crippen LogP contribution in [-0.2, 0) is 0 Å². The first kappa shape index (κ1) is 9.20. The number of hydrogen-bond donors (Lipinski definition) is 3. The van der Waals surface area contributed by atoms with E-state index in [0.29, 0.717) is 15.0 Å². The van der Waals surface area contributed by atoms with Crippen LogP contribution in [0, 0.1) is 3.70 Å². The highest BCUT2D eigenvalue weighted by molar-refractivity contribution is 14.1. The van der Waals surface area contributed by atoms with Gasteiger partial charge in [0.1, 0.15) is 3.70 Å². The Balaban J connectivity index is 3.13. The topological polar surface area (TPSA) is 94.0 Å². The van der Waals surface area contributed by atoms with Crippen molar-refractivity contribution in [2.75, 3.05) is 5.73 Å². The highest BCUT2D eigenvalue weighted by Crippen LogP contribution is 2.11. The zero-order valence-corrected chi connectivity index (χ0v) is 8.20. The van der Waals surface area contributed by atoms with E-state index in [1.165, 1.54) is 12.3 Å². The number of hydrogen-bond acceptors (Lipinski definition) is 4. The standard InChI is InChI=1S/C6H7IN4O/c7-5-4(6(12)11-9)1-3(8)2-10-5/h1-2H,8-9H2,(H,11,12). The SMILES string of the molecule is NNC(=O)c1cc(N)cnc1I. The maximum absolute atomic E-state index is 11.1. The molecular weight excluding hydrogens is 271 g/mol. The molecule has 1 heterocycles. The molecule has 0 spiro atoms. The lowest BCUT2D eigenvalue weighted by atomic mass is 10.2. The Hall–Kier alpha value is -0.890. The molecule has 0 aliphatic rings. The molecular formula is C6H7IN4O. The van der Waals surface area contributed by atoms with Gasteiger partial charge in [-0.2, -0.15) is 0 Å². The van der Waals surface area contributed by atoms with Gasteiger partial charge in [0.2, 0.25) is 0 Å². The van der Waals surface area contributed by atoms with E-state index in [1.54, 1.807) is 0 Å². The monoisotopic (exact) mass is 278 g/mol. The van der Waals surface area contributed by atoms with E-state index in [2.05, 4.69) is 4.98 Å². The van der Waals surface area contributed by atoms with Gasteiger partial charge in [0.15, 0.2) is 0 Å². The Labute approximate surface area is 82.6 Å². The second-order valence-electron chi connectivity index (χ2n) is 2.08. The molecule has 5 N–H and O–H groups in total. The molecule has 0 saturated carbocycles. The van der Waals surface area contributed by atoms with Crippen molar-refractivity contribution in [1.29, 1.82) is 0 Å². The molecule has 64 valence electrons. The number of halogens is 1. The highest BCUT2D eigenvalue weighted by Gasteiger charge is 2.09. The van der Waals surface area contributed by atoms with Crippen molar-refractivity contribution in [2.24, 2.45) is 5.84 Å².